The molecule has 0 saturated carbocycles. The van der Waals surface area contributed by atoms with Crippen molar-refractivity contribution in [2.75, 3.05) is 26.3 Å². The van der Waals surface area contributed by atoms with Gasteiger partial charge in [-0.3, -0.25) is 4.90 Å². The molecule has 1 aromatic rings. The minimum absolute atomic E-state index is 0.526. The maximum atomic E-state index is 5.76. The second-order valence-electron chi connectivity index (χ2n) is 4.64. The van der Waals surface area contributed by atoms with Crippen molar-refractivity contribution < 1.29 is 4.74 Å². The van der Waals surface area contributed by atoms with Crippen molar-refractivity contribution in [3.8, 4) is 0 Å². The van der Waals surface area contributed by atoms with Gasteiger partial charge in [0.15, 0.2) is 0 Å². The molecule has 0 aliphatic carbocycles. The third-order valence-electron chi connectivity index (χ3n) is 3.39. The summed E-state index contributed by atoms with van der Waals surface area (Å²) < 4.78 is 5.52. The molecule has 1 aliphatic heterocycles. The van der Waals surface area contributed by atoms with E-state index in [-0.39, 0.29) is 0 Å². The number of thiazole rings is 1. The fourth-order valence-corrected chi connectivity index (χ4v) is 3.39. The lowest BCUT2D eigenvalue weighted by Gasteiger charge is -2.34. The predicted octanol–water partition coefficient (Wildman–Crippen LogP) is 2.93. The molecule has 0 aromatic carbocycles. The summed E-state index contributed by atoms with van der Waals surface area (Å²) >= 11 is 7.48. The van der Waals surface area contributed by atoms with E-state index in [1.165, 1.54) is 17.8 Å². The second kappa shape index (κ2) is 7.43. The molecule has 1 unspecified atom stereocenters. The summed E-state index contributed by atoms with van der Waals surface area (Å²) in [7, 11) is 0. The van der Waals surface area contributed by atoms with E-state index >= 15 is 0 Å². The van der Waals surface area contributed by atoms with E-state index in [0.717, 1.165) is 38.4 Å². The molecular weight excluding hydrogens is 268 g/mol. The van der Waals surface area contributed by atoms with Crippen LogP contribution in [0.25, 0.3) is 0 Å². The standard InChI is InChI=1S/C13H21ClN2OS/c1-2-12-9-17-7-6-16(12)5-3-4-13-15-11(8-14)10-18-13/h10,12H,2-9H2,1H3. The first-order valence-corrected chi connectivity index (χ1v) is 8.06. The minimum atomic E-state index is 0.526. The summed E-state index contributed by atoms with van der Waals surface area (Å²) in [5, 5.41) is 3.28. The molecule has 2 heterocycles. The first-order valence-electron chi connectivity index (χ1n) is 6.64. The van der Waals surface area contributed by atoms with Gasteiger partial charge in [-0.15, -0.1) is 22.9 Å². The second-order valence-corrected chi connectivity index (χ2v) is 5.85. The van der Waals surface area contributed by atoms with Crippen LogP contribution in [-0.4, -0.2) is 42.2 Å². The van der Waals surface area contributed by atoms with Gasteiger partial charge in [0.1, 0.15) is 0 Å². The van der Waals surface area contributed by atoms with Gasteiger partial charge in [-0.25, -0.2) is 4.98 Å². The topological polar surface area (TPSA) is 25.4 Å². The molecule has 5 heteroatoms. The molecule has 2 rings (SSSR count). The highest BCUT2D eigenvalue weighted by molar-refractivity contribution is 7.09. The van der Waals surface area contributed by atoms with Gasteiger partial charge in [0.05, 0.1) is 29.8 Å². The van der Waals surface area contributed by atoms with E-state index in [9.17, 15) is 0 Å². The Morgan fingerprint density at radius 2 is 2.50 bits per heavy atom. The highest BCUT2D eigenvalue weighted by Gasteiger charge is 2.20. The molecular formula is C13H21ClN2OS. The zero-order valence-corrected chi connectivity index (χ0v) is 12.5. The van der Waals surface area contributed by atoms with Crippen LogP contribution in [0.4, 0.5) is 0 Å². The van der Waals surface area contributed by atoms with Crippen LogP contribution >= 0.6 is 22.9 Å². The first-order chi connectivity index (χ1) is 8.83. The van der Waals surface area contributed by atoms with E-state index in [2.05, 4.69) is 22.2 Å². The van der Waals surface area contributed by atoms with Gasteiger partial charge >= 0.3 is 0 Å². The van der Waals surface area contributed by atoms with Gasteiger partial charge < -0.3 is 4.74 Å². The molecule has 0 N–H and O–H groups in total. The molecule has 1 saturated heterocycles. The molecule has 0 amide bonds. The molecule has 0 spiro atoms. The van der Waals surface area contributed by atoms with Crippen molar-refractivity contribution in [3.05, 3.63) is 16.1 Å². The number of rotatable bonds is 6. The zero-order chi connectivity index (χ0) is 12.8. The number of aryl methyl sites for hydroxylation is 1. The highest BCUT2D eigenvalue weighted by Crippen LogP contribution is 2.15. The van der Waals surface area contributed by atoms with Crippen LogP contribution in [0.2, 0.25) is 0 Å². The SMILES string of the molecule is CCC1COCCN1CCCc1nc(CCl)cs1. The third kappa shape index (κ3) is 3.92. The van der Waals surface area contributed by atoms with E-state index < -0.39 is 0 Å². The molecule has 102 valence electrons. The summed E-state index contributed by atoms with van der Waals surface area (Å²) in [6.07, 6.45) is 3.41. The van der Waals surface area contributed by atoms with Crippen LogP contribution in [0, 0.1) is 0 Å². The fraction of sp³-hybridized carbons (Fsp3) is 0.769. The van der Waals surface area contributed by atoms with Gasteiger partial charge in [-0.1, -0.05) is 6.92 Å². The number of alkyl halides is 1. The first kappa shape index (κ1) is 14.3. The van der Waals surface area contributed by atoms with Crippen LogP contribution < -0.4 is 0 Å². The van der Waals surface area contributed by atoms with Crippen molar-refractivity contribution in [1.29, 1.82) is 0 Å². The Labute approximate surface area is 118 Å². The van der Waals surface area contributed by atoms with Crippen molar-refractivity contribution >= 4 is 22.9 Å². The number of nitrogens with zero attached hydrogens (tertiary/aromatic N) is 2. The number of hydrogen-bond acceptors (Lipinski definition) is 4. The average Bonchev–Trinajstić information content (AvgIpc) is 2.87. The summed E-state index contributed by atoms with van der Waals surface area (Å²) in [5.41, 5.74) is 1.01. The number of morpholine rings is 1. The minimum Gasteiger partial charge on any atom is -0.378 e. The maximum Gasteiger partial charge on any atom is 0.0929 e. The lowest BCUT2D eigenvalue weighted by Crippen LogP contribution is -2.45. The summed E-state index contributed by atoms with van der Waals surface area (Å²) in [6, 6.07) is 0.605. The molecule has 1 fully saturated rings. The van der Waals surface area contributed by atoms with Crippen LogP contribution in [-0.2, 0) is 17.0 Å². The Morgan fingerprint density at radius 3 is 3.22 bits per heavy atom. The van der Waals surface area contributed by atoms with E-state index in [1.54, 1.807) is 11.3 Å². The van der Waals surface area contributed by atoms with Gasteiger partial charge in [0, 0.05) is 24.4 Å². The van der Waals surface area contributed by atoms with E-state index in [4.69, 9.17) is 16.3 Å². The predicted molar refractivity (Wildman–Crippen MR) is 76.5 cm³/mol. The van der Waals surface area contributed by atoms with Gasteiger partial charge in [0.25, 0.3) is 0 Å². The quantitative estimate of drug-likeness (QED) is 0.753. The summed E-state index contributed by atoms with van der Waals surface area (Å²) in [5.74, 6) is 0.526. The Morgan fingerprint density at radius 1 is 1.61 bits per heavy atom. The number of aromatic nitrogens is 1. The van der Waals surface area contributed by atoms with Crippen LogP contribution in [0.3, 0.4) is 0 Å². The molecule has 1 aromatic heterocycles. The van der Waals surface area contributed by atoms with Crippen LogP contribution in [0.5, 0.6) is 0 Å². The van der Waals surface area contributed by atoms with Gasteiger partial charge in [-0.2, -0.15) is 0 Å². The van der Waals surface area contributed by atoms with Crippen LogP contribution in [0.15, 0.2) is 5.38 Å². The Hall–Kier alpha value is -0.160. The zero-order valence-electron chi connectivity index (χ0n) is 10.9. The Kier molecular flexibility index (Phi) is 5.89. The van der Waals surface area contributed by atoms with Crippen molar-refractivity contribution in [2.24, 2.45) is 0 Å². The lowest BCUT2D eigenvalue weighted by molar-refractivity contribution is -0.00887. The van der Waals surface area contributed by atoms with Crippen molar-refractivity contribution in [3.63, 3.8) is 0 Å². The molecule has 3 nitrogen and oxygen atoms in total. The maximum absolute atomic E-state index is 5.76. The highest BCUT2D eigenvalue weighted by atomic mass is 35.5. The smallest absolute Gasteiger partial charge is 0.0929 e. The number of halogens is 1. The van der Waals surface area contributed by atoms with Gasteiger partial charge in [-0.05, 0) is 19.4 Å². The fourth-order valence-electron chi connectivity index (χ4n) is 2.32. The third-order valence-corrected chi connectivity index (χ3v) is 4.62. The Balaban J connectivity index is 1.73. The van der Waals surface area contributed by atoms with E-state index in [0.29, 0.717) is 11.9 Å². The molecule has 18 heavy (non-hydrogen) atoms. The lowest BCUT2D eigenvalue weighted by atomic mass is 10.1. The normalized spacial score (nSPS) is 21.3. The summed E-state index contributed by atoms with van der Waals surface area (Å²) in [6.45, 7) is 6.23. The van der Waals surface area contributed by atoms with Crippen molar-refractivity contribution in [2.45, 2.75) is 38.1 Å². The number of hydrogen-bond donors (Lipinski definition) is 0. The van der Waals surface area contributed by atoms with Crippen LogP contribution in [0.1, 0.15) is 30.5 Å². The number of ether oxygens (including phenoxy) is 1. The summed E-state index contributed by atoms with van der Waals surface area (Å²) in [4.78, 5) is 7.05. The Bertz CT molecular complexity index is 359. The average molecular weight is 289 g/mol. The van der Waals surface area contributed by atoms with E-state index in [1.807, 2.05) is 0 Å². The molecule has 0 bridgehead atoms. The monoisotopic (exact) mass is 288 g/mol. The molecule has 1 atom stereocenters. The molecule has 0 radical (unpaired) electrons. The molecule has 1 aliphatic rings. The largest absolute Gasteiger partial charge is 0.378 e. The van der Waals surface area contributed by atoms with Crippen molar-refractivity contribution in [1.82, 2.24) is 9.88 Å². The van der Waals surface area contributed by atoms with Gasteiger partial charge in [0.2, 0.25) is 0 Å².